The van der Waals surface area contributed by atoms with Crippen molar-refractivity contribution in [3.05, 3.63) is 40.4 Å². The van der Waals surface area contributed by atoms with Gasteiger partial charge in [-0.2, -0.15) is 0 Å². The number of hydrogen-bond donors (Lipinski definition) is 0. The summed E-state index contributed by atoms with van der Waals surface area (Å²) in [4.78, 5) is 44.0. The molecule has 2 aliphatic heterocycles. The van der Waals surface area contributed by atoms with Crippen molar-refractivity contribution >= 4 is 22.9 Å². The summed E-state index contributed by atoms with van der Waals surface area (Å²) in [6.07, 6.45) is 1.72. The molecule has 0 N–H and O–H groups in total. The molecule has 1 aromatic carbocycles. The van der Waals surface area contributed by atoms with Gasteiger partial charge in [-0.1, -0.05) is 0 Å². The molecule has 0 aliphatic carbocycles. The fourth-order valence-electron chi connectivity index (χ4n) is 3.55. The van der Waals surface area contributed by atoms with E-state index in [1.165, 1.54) is 15.8 Å². The number of nitrogens with zero attached hydrogens (tertiary/aromatic N) is 4. The van der Waals surface area contributed by atoms with E-state index in [2.05, 4.69) is 4.98 Å². The number of amides is 2. The Labute approximate surface area is 143 Å². The van der Waals surface area contributed by atoms with Crippen LogP contribution in [0.5, 0.6) is 0 Å². The molecule has 8 heteroatoms. The molecule has 25 heavy (non-hydrogen) atoms. The number of aryl methyl sites for hydroxylation is 1. The van der Waals surface area contributed by atoms with Crippen LogP contribution >= 0.6 is 0 Å². The lowest BCUT2D eigenvalue weighted by atomic mass is 10.0. The second-order valence-electron chi connectivity index (χ2n) is 6.78. The molecule has 1 aromatic heterocycles. The number of aromatic nitrogens is 2. The average Bonchev–Trinajstić information content (AvgIpc) is 3.12. The second kappa shape index (κ2) is 5.30. The molecule has 2 aliphatic rings. The first-order valence-corrected chi connectivity index (χ1v) is 8.07. The van der Waals surface area contributed by atoms with Gasteiger partial charge in [-0.3, -0.25) is 9.59 Å². The maximum absolute atomic E-state index is 12.8. The third kappa shape index (κ3) is 2.45. The molecule has 2 amide bonds. The highest BCUT2D eigenvalue weighted by molar-refractivity contribution is 5.98. The Kier molecular flexibility index (Phi) is 3.31. The van der Waals surface area contributed by atoms with Crippen molar-refractivity contribution in [1.82, 2.24) is 19.4 Å². The van der Waals surface area contributed by atoms with E-state index in [0.717, 1.165) is 0 Å². The molecule has 0 bridgehead atoms. The molecule has 2 aromatic rings. The highest BCUT2D eigenvalue weighted by Gasteiger charge is 2.49. The van der Waals surface area contributed by atoms with E-state index in [9.17, 15) is 14.4 Å². The fraction of sp³-hybridized carbons (Fsp3) is 0.412. The van der Waals surface area contributed by atoms with E-state index in [1.54, 1.807) is 37.2 Å². The molecule has 8 nitrogen and oxygen atoms in total. The number of hydrogen-bond acceptors (Lipinski definition) is 5. The van der Waals surface area contributed by atoms with E-state index in [-0.39, 0.29) is 17.6 Å². The lowest BCUT2D eigenvalue weighted by Crippen LogP contribution is -2.39. The van der Waals surface area contributed by atoms with E-state index in [0.29, 0.717) is 42.5 Å². The predicted molar refractivity (Wildman–Crippen MR) is 89.3 cm³/mol. The third-order valence-electron chi connectivity index (χ3n) is 4.91. The molecule has 0 radical (unpaired) electrons. The largest absolute Gasteiger partial charge is 0.439 e. The molecule has 1 atom stereocenters. The Hall–Kier alpha value is -2.90. The van der Waals surface area contributed by atoms with Crippen LogP contribution in [-0.2, 0) is 11.8 Å². The van der Waals surface area contributed by atoms with Crippen LogP contribution in [0.1, 0.15) is 16.8 Å². The Bertz CT molecular complexity index is 953. The van der Waals surface area contributed by atoms with Gasteiger partial charge in [0.15, 0.2) is 5.60 Å². The van der Waals surface area contributed by atoms with Crippen molar-refractivity contribution in [2.24, 2.45) is 7.05 Å². The van der Waals surface area contributed by atoms with Crippen molar-refractivity contribution in [3.63, 3.8) is 0 Å². The number of likely N-dealkylation sites (tertiary alicyclic amines) is 1. The lowest BCUT2D eigenvalue weighted by molar-refractivity contribution is 0.0553. The molecule has 1 spiro atoms. The Morgan fingerprint density at radius 2 is 2.04 bits per heavy atom. The monoisotopic (exact) mass is 342 g/mol. The normalized spacial score (nSPS) is 22.9. The zero-order valence-electron chi connectivity index (χ0n) is 14.1. The number of carbonyl (C=O) groups excluding carboxylic acids is 2. The van der Waals surface area contributed by atoms with Crippen LogP contribution in [0.25, 0.3) is 10.9 Å². The van der Waals surface area contributed by atoms with Gasteiger partial charge < -0.3 is 19.1 Å². The summed E-state index contributed by atoms with van der Waals surface area (Å²) in [5.74, 6) is -0.146. The van der Waals surface area contributed by atoms with Gasteiger partial charge >= 0.3 is 6.09 Å². The maximum atomic E-state index is 12.8. The molecular weight excluding hydrogens is 324 g/mol. The summed E-state index contributed by atoms with van der Waals surface area (Å²) in [5, 5.41) is 0.478. The highest BCUT2D eigenvalue weighted by atomic mass is 16.6. The predicted octanol–water partition coefficient (Wildman–Crippen LogP) is 0.600. The van der Waals surface area contributed by atoms with E-state index in [1.807, 2.05) is 0 Å². The number of carbonyl (C=O) groups is 2. The molecular formula is C17H18N4O4. The molecule has 2 saturated heterocycles. The van der Waals surface area contributed by atoms with Crippen LogP contribution in [0.4, 0.5) is 4.79 Å². The van der Waals surface area contributed by atoms with E-state index in [4.69, 9.17) is 4.74 Å². The van der Waals surface area contributed by atoms with Gasteiger partial charge in [0.05, 0.1) is 30.3 Å². The van der Waals surface area contributed by atoms with Gasteiger partial charge in [-0.15, -0.1) is 0 Å². The van der Waals surface area contributed by atoms with Crippen molar-refractivity contribution in [1.29, 1.82) is 0 Å². The zero-order chi connectivity index (χ0) is 17.8. The van der Waals surface area contributed by atoms with Crippen LogP contribution in [0.3, 0.4) is 0 Å². The summed E-state index contributed by atoms with van der Waals surface area (Å²) in [7, 11) is 3.33. The van der Waals surface area contributed by atoms with E-state index < -0.39 is 5.60 Å². The lowest BCUT2D eigenvalue weighted by Gasteiger charge is -2.21. The smallest absolute Gasteiger partial charge is 0.410 e. The number of ether oxygens (including phenoxy) is 1. The highest BCUT2D eigenvalue weighted by Crippen LogP contribution is 2.32. The van der Waals surface area contributed by atoms with Crippen molar-refractivity contribution < 1.29 is 14.3 Å². The van der Waals surface area contributed by atoms with Crippen LogP contribution in [-0.4, -0.2) is 63.6 Å². The number of fused-ring (bicyclic) bond motifs is 1. The molecule has 2 fully saturated rings. The Morgan fingerprint density at radius 3 is 2.76 bits per heavy atom. The van der Waals surface area contributed by atoms with Gasteiger partial charge in [0.1, 0.15) is 0 Å². The van der Waals surface area contributed by atoms with Crippen LogP contribution in [0.15, 0.2) is 29.3 Å². The van der Waals surface area contributed by atoms with Crippen molar-refractivity contribution in [2.45, 2.75) is 12.0 Å². The van der Waals surface area contributed by atoms with Gasteiger partial charge in [-0.25, -0.2) is 9.78 Å². The summed E-state index contributed by atoms with van der Waals surface area (Å²) < 4.78 is 6.88. The Balaban J connectivity index is 1.60. The first-order valence-electron chi connectivity index (χ1n) is 8.07. The Morgan fingerprint density at radius 1 is 1.24 bits per heavy atom. The fourth-order valence-corrected chi connectivity index (χ4v) is 3.55. The van der Waals surface area contributed by atoms with Gasteiger partial charge in [0, 0.05) is 32.6 Å². The summed E-state index contributed by atoms with van der Waals surface area (Å²) in [6, 6.07) is 4.91. The zero-order valence-corrected chi connectivity index (χ0v) is 14.1. The first-order chi connectivity index (χ1) is 11.9. The second-order valence-corrected chi connectivity index (χ2v) is 6.78. The summed E-state index contributed by atoms with van der Waals surface area (Å²) >= 11 is 0. The molecule has 130 valence electrons. The molecule has 4 rings (SSSR count). The van der Waals surface area contributed by atoms with Crippen molar-refractivity contribution in [3.8, 4) is 0 Å². The van der Waals surface area contributed by atoms with Crippen molar-refractivity contribution in [2.75, 3.05) is 26.7 Å². The number of benzene rings is 1. The standard InChI is InChI=1S/C17H18N4O4/c1-19-8-17(25-16(19)24)5-6-21(9-17)14(22)11-3-4-12-13(7-11)18-10-20(2)15(12)23/h3-4,7,10H,5-6,8-9H2,1-2H3/t17-/m1/s1. The number of likely N-dealkylation sites (N-methyl/N-ethyl adjacent to an activating group) is 1. The molecule has 0 unspecified atom stereocenters. The van der Waals surface area contributed by atoms with Gasteiger partial charge in [-0.05, 0) is 18.2 Å². The minimum atomic E-state index is -0.605. The van der Waals surface area contributed by atoms with Crippen LogP contribution < -0.4 is 5.56 Å². The number of rotatable bonds is 1. The van der Waals surface area contributed by atoms with Crippen LogP contribution in [0.2, 0.25) is 0 Å². The quantitative estimate of drug-likeness (QED) is 0.758. The topological polar surface area (TPSA) is 84.7 Å². The first kappa shape index (κ1) is 15.6. The minimum absolute atomic E-state index is 0.146. The summed E-state index contributed by atoms with van der Waals surface area (Å²) in [6.45, 7) is 1.40. The average molecular weight is 342 g/mol. The van der Waals surface area contributed by atoms with Gasteiger partial charge in [0.2, 0.25) is 0 Å². The van der Waals surface area contributed by atoms with E-state index >= 15 is 0 Å². The van der Waals surface area contributed by atoms with Crippen LogP contribution in [0, 0.1) is 0 Å². The SMILES string of the molecule is CN1C[C@@]2(CCN(C(=O)c3ccc4c(=O)n(C)cnc4c3)C2)OC1=O. The molecule has 0 saturated carbocycles. The summed E-state index contributed by atoms with van der Waals surface area (Å²) in [5.41, 5.74) is 0.217. The maximum Gasteiger partial charge on any atom is 0.410 e. The third-order valence-corrected chi connectivity index (χ3v) is 4.91. The molecule has 3 heterocycles. The minimum Gasteiger partial charge on any atom is -0.439 e. The van der Waals surface area contributed by atoms with Gasteiger partial charge in [0.25, 0.3) is 11.5 Å².